The predicted octanol–water partition coefficient (Wildman–Crippen LogP) is 3.45. The molecule has 0 saturated carbocycles. The molecule has 24 heavy (non-hydrogen) atoms. The third-order valence-corrected chi connectivity index (χ3v) is 4.66. The van der Waals surface area contributed by atoms with Gasteiger partial charge in [0.05, 0.1) is 13.2 Å². The first kappa shape index (κ1) is 15.3. The van der Waals surface area contributed by atoms with E-state index in [1.165, 1.54) is 23.3 Å². The fraction of sp³-hybridized carbons (Fsp3) is 0.316. The van der Waals surface area contributed by atoms with Crippen molar-refractivity contribution in [2.24, 2.45) is 0 Å². The molecule has 0 spiro atoms. The third kappa shape index (κ3) is 2.81. The summed E-state index contributed by atoms with van der Waals surface area (Å²) in [6.45, 7) is 1.12. The van der Waals surface area contributed by atoms with E-state index < -0.39 is 0 Å². The Bertz CT molecular complexity index is 861. The zero-order valence-electron chi connectivity index (χ0n) is 13.3. The van der Waals surface area contributed by atoms with Crippen LogP contribution in [0.2, 0.25) is 0 Å². The second-order valence-electron chi connectivity index (χ2n) is 6.17. The lowest BCUT2D eigenvalue weighted by molar-refractivity contribution is 0.132. The van der Waals surface area contributed by atoms with E-state index in [1.54, 1.807) is 6.07 Å². The van der Waals surface area contributed by atoms with E-state index in [9.17, 15) is 9.50 Å². The number of fused-ring (bicyclic) bond motifs is 2. The largest absolute Gasteiger partial charge is 0.439 e. The number of hydrogen-bond donors (Lipinski definition) is 1. The van der Waals surface area contributed by atoms with Crippen LogP contribution in [0.1, 0.15) is 29.5 Å². The standard InChI is InChI=1S/C19H19FN2O2/c20-14-6-7-16-18(11-14)24-19(21-16)12-22(9-10-23)17-8-5-13-3-1-2-4-15(13)17/h1-4,6-7,11,17,23H,5,8-10,12H2. The fourth-order valence-corrected chi connectivity index (χ4v) is 3.58. The number of aliphatic hydroxyl groups excluding tert-OH is 1. The summed E-state index contributed by atoms with van der Waals surface area (Å²) in [5.74, 6) is 0.218. The molecule has 0 amide bonds. The number of aliphatic hydroxyl groups is 1. The van der Waals surface area contributed by atoms with Crippen molar-refractivity contribution < 1.29 is 13.9 Å². The van der Waals surface area contributed by atoms with Crippen LogP contribution >= 0.6 is 0 Å². The molecule has 1 aliphatic rings. The van der Waals surface area contributed by atoms with Gasteiger partial charge < -0.3 is 9.52 Å². The molecule has 1 heterocycles. The SMILES string of the molecule is OCCN(Cc1nc2ccc(F)cc2o1)C1CCc2ccccc21. The van der Waals surface area contributed by atoms with Gasteiger partial charge in [0.15, 0.2) is 5.58 Å². The van der Waals surface area contributed by atoms with Gasteiger partial charge in [0.1, 0.15) is 11.3 Å². The fourth-order valence-electron chi connectivity index (χ4n) is 3.58. The summed E-state index contributed by atoms with van der Waals surface area (Å²) in [7, 11) is 0. The minimum atomic E-state index is -0.331. The highest BCUT2D eigenvalue weighted by atomic mass is 19.1. The van der Waals surface area contributed by atoms with Gasteiger partial charge in [0.2, 0.25) is 5.89 Å². The van der Waals surface area contributed by atoms with Crippen LogP contribution in [-0.2, 0) is 13.0 Å². The van der Waals surface area contributed by atoms with Gasteiger partial charge in [-0.1, -0.05) is 24.3 Å². The van der Waals surface area contributed by atoms with Crippen molar-refractivity contribution in [3.63, 3.8) is 0 Å². The van der Waals surface area contributed by atoms with E-state index in [1.807, 2.05) is 0 Å². The minimum Gasteiger partial charge on any atom is -0.439 e. The number of aromatic nitrogens is 1. The smallest absolute Gasteiger partial charge is 0.209 e. The maximum absolute atomic E-state index is 13.3. The molecule has 124 valence electrons. The molecule has 0 bridgehead atoms. The first-order valence-electron chi connectivity index (χ1n) is 8.22. The Hall–Kier alpha value is -2.24. The molecule has 2 aromatic carbocycles. The van der Waals surface area contributed by atoms with Crippen molar-refractivity contribution in [1.82, 2.24) is 9.88 Å². The highest BCUT2D eigenvalue weighted by Gasteiger charge is 2.28. The molecule has 1 aromatic heterocycles. The molecular formula is C19H19FN2O2. The van der Waals surface area contributed by atoms with Crippen molar-refractivity contribution in [2.75, 3.05) is 13.2 Å². The predicted molar refractivity (Wildman–Crippen MR) is 89.0 cm³/mol. The summed E-state index contributed by atoms with van der Waals surface area (Å²) >= 11 is 0. The van der Waals surface area contributed by atoms with Gasteiger partial charge >= 0.3 is 0 Å². The number of halogens is 1. The third-order valence-electron chi connectivity index (χ3n) is 4.66. The van der Waals surface area contributed by atoms with Crippen LogP contribution in [0.5, 0.6) is 0 Å². The molecular weight excluding hydrogens is 307 g/mol. The molecule has 0 saturated heterocycles. The Labute approximate surface area is 139 Å². The minimum absolute atomic E-state index is 0.0769. The summed E-state index contributed by atoms with van der Waals surface area (Å²) in [5.41, 5.74) is 3.79. The molecule has 1 N–H and O–H groups in total. The summed E-state index contributed by atoms with van der Waals surface area (Å²) in [5, 5.41) is 9.46. The van der Waals surface area contributed by atoms with Gasteiger partial charge in [-0.05, 0) is 36.1 Å². The average Bonchev–Trinajstić information content (AvgIpc) is 3.17. The summed E-state index contributed by atoms with van der Waals surface area (Å²) in [6.07, 6.45) is 2.07. The van der Waals surface area contributed by atoms with Gasteiger partial charge in [-0.2, -0.15) is 0 Å². The molecule has 1 aliphatic carbocycles. The highest BCUT2D eigenvalue weighted by Crippen LogP contribution is 2.36. The van der Waals surface area contributed by atoms with Crippen LogP contribution in [-0.4, -0.2) is 28.1 Å². The summed E-state index contributed by atoms with van der Waals surface area (Å²) in [6, 6.07) is 13.0. The Morgan fingerprint density at radius 1 is 1.25 bits per heavy atom. The van der Waals surface area contributed by atoms with Crippen molar-refractivity contribution in [3.8, 4) is 0 Å². The number of oxazole rings is 1. The first-order valence-corrected chi connectivity index (χ1v) is 8.22. The van der Waals surface area contributed by atoms with Crippen molar-refractivity contribution in [1.29, 1.82) is 0 Å². The lowest BCUT2D eigenvalue weighted by Crippen LogP contribution is -2.30. The van der Waals surface area contributed by atoms with Crippen LogP contribution < -0.4 is 0 Å². The Balaban J connectivity index is 1.61. The van der Waals surface area contributed by atoms with Gasteiger partial charge in [0, 0.05) is 18.7 Å². The van der Waals surface area contributed by atoms with E-state index in [4.69, 9.17) is 4.42 Å². The number of nitrogens with zero attached hydrogens (tertiary/aromatic N) is 2. The van der Waals surface area contributed by atoms with Crippen LogP contribution in [0, 0.1) is 5.82 Å². The topological polar surface area (TPSA) is 49.5 Å². The number of hydrogen-bond acceptors (Lipinski definition) is 4. The van der Waals surface area contributed by atoms with Crippen molar-refractivity contribution in [2.45, 2.75) is 25.4 Å². The monoisotopic (exact) mass is 326 g/mol. The van der Waals surface area contributed by atoms with E-state index >= 15 is 0 Å². The quantitative estimate of drug-likeness (QED) is 0.780. The Morgan fingerprint density at radius 2 is 2.12 bits per heavy atom. The number of aryl methyl sites for hydroxylation is 1. The maximum atomic E-state index is 13.3. The van der Waals surface area contributed by atoms with Gasteiger partial charge in [0.25, 0.3) is 0 Å². The molecule has 3 aromatic rings. The zero-order chi connectivity index (χ0) is 16.5. The molecule has 4 rings (SSSR count). The Morgan fingerprint density at radius 3 is 3.00 bits per heavy atom. The van der Waals surface area contributed by atoms with Crippen molar-refractivity contribution in [3.05, 3.63) is 65.3 Å². The number of benzene rings is 2. The van der Waals surface area contributed by atoms with Gasteiger partial charge in [-0.25, -0.2) is 9.37 Å². The van der Waals surface area contributed by atoms with Crippen LogP contribution in [0.4, 0.5) is 4.39 Å². The van der Waals surface area contributed by atoms with Crippen molar-refractivity contribution >= 4 is 11.1 Å². The van der Waals surface area contributed by atoms with Crippen LogP contribution in [0.3, 0.4) is 0 Å². The van der Waals surface area contributed by atoms with E-state index in [-0.39, 0.29) is 18.5 Å². The molecule has 0 aliphatic heterocycles. The van der Waals surface area contributed by atoms with Crippen LogP contribution in [0.25, 0.3) is 11.1 Å². The normalized spacial score (nSPS) is 16.9. The van der Waals surface area contributed by atoms with Gasteiger partial charge in [-0.15, -0.1) is 0 Å². The lowest BCUT2D eigenvalue weighted by atomic mass is 10.1. The summed E-state index contributed by atoms with van der Waals surface area (Å²) < 4.78 is 19.0. The number of rotatable bonds is 5. The lowest BCUT2D eigenvalue weighted by Gasteiger charge is -2.27. The average molecular weight is 326 g/mol. The molecule has 1 unspecified atom stereocenters. The molecule has 0 fully saturated rings. The van der Waals surface area contributed by atoms with Crippen LogP contribution in [0.15, 0.2) is 46.9 Å². The molecule has 1 atom stereocenters. The second-order valence-corrected chi connectivity index (χ2v) is 6.17. The second kappa shape index (κ2) is 6.34. The zero-order valence-corrected chi connectivity index (χ0v) is 13.3. The van der Waals surface area contributed by atoms with E-state index in [0.29, 0.717) is 30.1 Å². The summed E-state index contributed by atoms with van der Waals surface area (Å²) in [4.78, 5) is 6.63. The molecule has 5 heteroatoms. The Kier molecular flexibility index (Phi) is 4.04. The van der Waals surface area contributed by atoms with Gasteiger partial charge in [-0.3, -0.25) is 4.90 Å². The molecule has 0 radical (unpaired) electrons. The van der Waals surface area contributed by atoms with E-state index in [0.717, 1.165) is 12.8 Å². The molecule has 4 nitrogen and oxygen atoms in total. The first-order chi connectivity index (χ1) is 11.7. The maximum Gasteiger partial charge on any atom is 0.209 e. The van der Waals surface area contributed by atoms with E-state index in [2.05, 4.69) is 34.1 Å². The highest BCUT2D eigenvalue weighted by molar-refractivity contribution is 5.72.